The maximum absolute atomic E-state index is 9.62. The van der Waals surface area contributed by atoms with E-state index in [-0.39, 0.29) is 6.10 Å². The predicted molar refractivity (Wildman–Crippen MR) is 56.9 cm³/mol. The van der Waals surface area contributed by atoms with E-state index >= 15 is 0 Å². The third-order valence-corrected chi connectivity index (χ3v) is 4.08. The van der Waals surface area contributed by atoms with Gasteiger partial charge in [0.05, 0.1) is 21.1 Å². The molecule has 2 atom stereocenters. The van der Waals surface area contributed by atoms with Gasteiger partial charge >= 0.3 is 0 Å². The summed E-state index contributed by atoms with van der Waals surface area (Å²) in [7, 11) is 0. The molecule has 0 aliphatic heterocycles. The maximum Gasteiger partial charge on any atom is 0.0940 e. The number of halogens is 1. The van der Waals surface area contributed by atoms with Crippen molar-refractivity contribution < 1.29 is 5.11 Å². The van der Waals surface area contributed by atoms with Gasteiger partial charge < -0.3 is 5.11 Å². The van der Waals surface area contributed by atoms with Crippen LogP contribution in [0.15, 0.2) is 9.98 Å². The van der Waals surface area contributed by atoms with Gasteiger partial charge in [0.2, 0.25) is 0 Å². The van der Waals surface area contributed by atoms with E-state index in [4.69, 9.17) is 0 Å². The van der Waals surface area contributed by atoms with Crippen molar-refractivity contribution in [2.75, 3.05) is 0 Å². The molecule has 1 N–H and O–H groups in total. The lowest BCUT2D eigenvalue weighted by Crippen LogP contribution is -2.15. The van der Waals surface area contributed by atoms with Gasteiger partial charge in [-0.15, -0.1) is 11.3 Å². The summed E-state index contributed by atoms with van der Waals surface area (Å²) >= 11 is 5.06. The van der Waals surface area contributed by atoms with E-state index in [9.17, 15) is 5.11 Å². The number of nitrogens with zero attached hydrogens (tertiary/aromatic N) is 1. The fourth-order valence-electron chi connectivity index (χ4n) is 1.86. The molecule has 1 aliphatic rings. The Morgan fingerprint density at radius 1 is 1.62 bits per heavy atom. The number of aromatic nitrogens is 1. The van der Waals surface area contributed by atoms with Crippen molar-refractivity contribution >= 4 is 27.3 Å². The van der Waals surface area contributed by atoms with Crippen LogP contribution in [0.4, 0.5) is 0 Å². The van der Waals surface area contributed by atoms with Crippen molar-refractivity contribution in [2.45, 2.75) is 31.8 Å². The molecule has 0 amide bonds. The van der Waals surface area contributed by atoms with E-state index in [1.807, 2.05) is 6.20 Å². The molecule has 2 rings (SSSR count). The summed E-state index contributed by atoms with van der Waals surface area (Å²) in [6.45, 7) is 0. The van der Waals surface area contributed by atoms with Crippen molar-refractivity contribution in [3.8, 4) is 0 Å². The van der Waals surface area contributed by atoms with Crippen LogP contribution in [0.25, 0.3) is 0 Å². The zero-order valence-electron chi connectivity index (χ0n) is 7.24. The Kier molecular flexibility index (Phi) is 3.01. The Bertz CT molecular complexity index is 289. The Morgan fingerprint density at radius 3 is 3.00 bits per heavy atom. The minimum Gasteiger partial charge on any atom is -0.393 e. The molecule has 13 heavy (non-hydrogen) atoms. The molecule has 1 aliphatic carbocycles. The third kappa shape index (κ3) is 2.30. The highest BCUT2D eigenvalue weighted by molar-refractivity contribution is 9.11. The predicted octanol–water partition coefficient (Wildman–Crippen LogP) is 2.61. The second kappa shape index (κ2) is 4.07. The summed E-state index contributed by atoms with van der Waals surface area (Å²) in [6.07, 6.45) is 5.97. The molecule has 0 unspecified atom stereocenters. The molecule has 1 fully saturated rings. The quantitative estimate of drug-likeness (QED) is 0.888. The van der Waals surface area contributed by atoms with Gasteiger partial charge in [0.1, 0.15) is 0 Å². The van der Waals surface area contributed by atoms with Crippen molar-refractivity contribution in [2.24, 2.45) is 5.92 Å². The lowest BCUT2D eigenvalue weighted by molar-refractivity contribution is 0.132. The Morgan fingerprint density at radius 2 is 2.46 bits per heavy atom. The lowest BCUT2D eigenvalue weighted by Gasteiger charge is -2.11. The number of hydrogen-bond donors (Lipinski definition) is 1. The highest BCUT2D eigenvalue weighted by Crippen LogP contribution is 2.30. The standard InChI is InChI=1S/C9H12BrNOS/c10-8-5-11-9(13-8)4-6-2-1-3-7(6)12/h5-7,12H,1-4H2/t6-,7+/m0/s1. The number of rotatable bonds is 2. The normalized spacial score (nSPS) is 28.2. The molecule has 4 heteroatoms. The molecule has 0 saturated heterocycles. The molecule has 0 spiro atoms. The van der Waals surface area contributed by atoms with Gasteiger partial charge in [-0.2, -0.15) is 0 Å². The van der Waals surface area contributed by atoms with E-state index in [0.717, 1.165) is 28.1 Å². The lowest BCUT2D eigenvalue weighted by atomic mass is 10.0. The monoisotopic (exact) mass is 261 g/mol. The van der Waals surface area contributed by atoms with Gasteiger partial charge in [-0.25, -0.2) is 4.98 Å². The average molecular weight is 262 g/mol. The summed E-state index contributed by atoms with van der Waals surface area (Å²) in [5.74, 6) is 0.443. The fourth-order valence-corrected chi connectivity index (χ4v) is 3.26. The second-order valence-electron chi connectivity index (χ2n) is 3.52. The highest BCUT2D eigenvalue weighted by Gasteiger charge is 2.25. The first-order valence-corrected chi connectivity index (χ1v) is 6.15. The van der Waals surface area contributed by atoms with Crippen molar-refractivity contribution in [1.29, 1.82) is 0 Å². The Balaban J connectivity index is 1.97. The van der Waals surface area contributed by atoms with E-state index in [1.54, 1.807) is 11.3 Å². The fraction of sp³-hybridized carbons (Fsp3) is 0.667. The molecule has 1 heterocycles. The van der Waals surface area contributed by atoms with Gasteiger partial charge in [-0.05, 0) is 34.7 Å². The van der Waals surface area contributed by atoms with E-state index in [0.29, 0.717) is 5.92 Å². The van der Waals surface area contributed by atoms with Gasteiger partial charge in [-0.1, -0.05) is 6.42 Å². The zero-order valence-corrected chi connectivity index (χ0v) is 9.64. The average Bonchev–Trinajstić information content (AvgIpc) is 2.64. The number of aliphatic hydroxyl groups excluding tert-OH is 1. The first kappa shape index (κ1) is 9.62. The van der Waals surface area contributed by atoms with Crippen LogP contribution in [0.3, 0.4) is 0 Å². The zero-order chi connectivity index (χ0) is 9.26. The van der Waals surface area contributed by atoms with Crippen LogP contribution in [-0.4, -0.2) is 16.2 Å². The Hall–Kier alpha value is 0.0700. The maximum atomic E-state index is 9.62. The highest BCUT2D eigenvalue weighted by atomic mass is 79.9. The topological polar surface area (TPSA) is 33.1 Å². The molecule has 1 saturated carbocycles. The third-order valence-electron chi connectivity index (χ3n) is 2.58. The number of hydrogen-bond acceptors (Lipinski definition) is 3. The molecule has 0 bridgehead atoms. The van der Waals surface area contributed by atoms with Crippen molar-refractivity contribution in [3.05, 3.63) is 15.0 Å². The van der Waals surface area contributed by atoms with Crippen LogP contribution in [0, 0.1) is 5.92 Å². The molecular weight excluding hydrogens is 250 g/mol. The largest absolute Gasteiger partial charge is 0.393 e. The summed E-state index contributed by atoms with van der Waals surface area (Å²) in [5.41, 5.74) is 0. The molecule has 0 radical (unpaired) electrons. The minimum atomic E-state index is -0.0947. The van der Waals surface area contributed by atoms with Crippen LogP contribution in [0.2, 0.25) is 0 Å². The second-order valence-corrected chi connectivity index (χ2v) is 6.02. The summed E-state index contributed by atoms with van der Waals surface area (Å²) < 4.78 is 1.08. The van der Waals surface area contributed by atoms with Crippen molar-refractivity contribution in [1.82, 2.24) is 4.98 Å². The summed E-state index contributed by atoms with van der Waals surface area (Å²) in [4.78, 5) is 4.27. The molecule has 72 valence electrons. The summed E-state index contributed by atoms with van der Waals surface area (Å²) in [6, 6.07) is 0. The molecular formula is C9H12BrNOS. The van der Waals surface area contributed by atoms with Gasteiger partial charge in [0.15, 0.2) is 0 Å². The molecule has 0 aromatic carbocycles. The van der Waals surface area contributed by atoms with E-state index < -0.39 is 0 Å². The minimum absolute atomic E-state index is 0.0947. The molecule has 1 aromatic heterocycles. The molecule has 1 aromatic rings. The number of aliphatic hydroxyl groups is 1. The van der Waals surface area contributed by atoms with Crippen LogP contribution < -0.4 is 0 Å². The van der Waals surface area contributed by atoms with E-state index in [2.05, 4.69) is 20.9 Å². The molecule has 2 nitrogen and oxygen atoms in total. The van der Waals surface area contributed by atoms with E-state index in [1.165, 1.54) is 6.42 Å². The van der Waals surface area contributed by atoms with Gasteiger partial charge in [0, 0.05) is 6.42 Å². The van der Waals surface area contributed by atoms with Gasteiger partial charge in [-0.3, -0.25) is 0 Å². The van der Waals surface area contributed by atoms with Crippen LogP contribution in [0.1, 0.15) is 24.3 Å². The summed E-state index contributed by atoms with van der Waals surface area (Å²) in [5, 5.41) is 10.8. The van der Waals surface area contributed by atoms with Gasteiger partial charge in [0.25, 0.3) is 0 Å². The van der Waals surface area contributed by atoms with Crippen LogP contribution >= 0.6 is 27.3 Å². The SMILES string of the molecule is O[C@@H]1CCC[C@H]1Cc1ncc(Br)s1. The first-order chi connectivity index (χ1) is 6.25. The first-order valence-electron chi connectivity index (χ1n) is 4.54. The number of thiazole rings is 1. The van der Waals surface area contributed by atoms with Crippen LogP contribution in [-0.2, 0) is 6.42 Å². The van der Waals surface area contributed by atoms with Crippen LogP contribution in [0.5, 0.6) is 0 Å². The Labute approximate surface area is 90.1 Å². The smallest absolute Gasteiger partial charge is 0.0940 e. The van der Waals surface area contributed by atoms with Crippen molar-refractivity contribution in [3.63, 3.8) is 0 Å².